The molecule has 0 unspecified atom stereocenters. The zero-order chi connectivity index (χ0) is 13.9. The molecule has 1 aromatic carbocycles. The predicted molar refractivity (Wildman–Crippen MR) is 81.6 cm³/mol. The molecule has 3 rings (SSSR count). The molecule has 4 heteroatoms. The molecule has 0 aliphatic carbocycles. The highest BCUT2D eigenvalue weighted by atomic mass is 35.5. The lowest BCUT2D eigenvalue weighted by Gasteiger charge is -2.25. The smallest absolute Gasteiger partial charge is 0.151 e. The number of aryl methyl sites for hydroxylation is 1. The Morgan fingerprint density at radius 1 is 1.25 bits per heavy atom. The first-order valence-electron chi connectivity index (χ1n) is 6.90. The Hall–Kier alpha value is -1.58. The zero-order valence-corrected chi connectivity index (χ0v) is 12.0. The van der Waals surface area contributed by atoms with Crippen LogP contribution in [-0.2, 0) is 13.0 Å². The second-order valence-corrected chi connectivity index (χ2v) is 5.45. The molecule has 2 heterocycles. The van der Waals surface area contributed by atoms with E-state index in [2.05, 4.69) is 28.1 Å². The van der Waals surface area contributed by atoms with E-state index in [0.29, 0.717) is 5.02 Å². The van der Waals surface area contributed by atoms with Crippen LogP contribution in [0, 0.1) is 0 Å². The van der Waals surface area contributed by atoms with Crippen molar-refractivity contribution in [1.29, 1.82) is 0 Å². The largest absolute Gasteiger partial charge is 0.392 e. The Morgan fingerprint density at radius 2 is 2.10 bits per heavy atom. The Kier molecular flexibility index (Phi) is 3.90. The van der Waals surface area contributed by atoms with Crippen molar-refractivity contribution in [1.82, 2.24) is 4.98 Å². The minimum atomic E-state index is -0.0381. The number of aliphatic hydroxyl groups excluding tert-OH is 1. The van der Waals surface area contributed by atoms with Gasteiger partial charge in [-0.3, -0.25) is 0 Å². The molecule has 0 bridgehead atoms. The average Bonchev–Trinajstić information content (AvgIpc) is 2.69. The molecule has 0 spiro atoms. The molecule has 2 aromatic rings. The van der Waals surface area contributed by atoms with Crippen LogP contribution >= 0.6 is 11.6 Å². The molecule has 0 fully saturated rings. The van der Waals surface area contributed by atoms with Crippen LogP contribution in [0.5, 0.6) is 0 Å². The molecule has 1 aliphatic heterocycles. The number of fused-ring (bicyclic) bond motifs is 1. The highest BCUT2D eigenvalue weighted by Crippen LogP contribution is 2.35. The molecule has 1 aromatic heterocycles. The number of benzene rings is 1. The van der Waals surface area contributed by atoms with Crippen molar-refractivity contribution in [2.24, 2.45) is 0 Å². The monoisotopic (exact) mass is 288 g/mol. The summed E-state index contributed by atoms with van der Waals surface area (Å²) in [6, 6.07) is 10.2. The molecule has 0 saturated carbocycles. The highest BCUT2D eigenvalue weighted by Gasteiger charge is 2.19. The van der Waals surface area contributed by atoms with Gasteiger partial charge in [0.1, 0.15) is 0 Å². The maximum absolute atomic E-state index is 9.15. The first-order chi connectivity index (χ1) is 9.79. The number of aliphatic hydroxyl groups is 1. The lowest BCUT2D eigenvalue weighted by Crippen LogP contribution is -2.19. The van der Waals surface area contributed by atoms with Gasteiger partial charge in [-0.1, -0.05) is 29.8 Å². The van der Waals surface area contributed by atoms with Gasteiger partial charge in [0, 0.05) is 18.4 Å². The number of halogens is 1. The third-order valence-corrected chi connectivity index (χ3v) is 3.96. The Labute approximate surface area is 123 Å². The summed E-state index contributed by atoms with van der Waals surface area (Å²) in [6.07, 6.45) is 5.09. The number of aromatic nitrogens is 1. The molecule has 104 valence electrons. The SMILES string of the molecule is OCc1cnc(N2CCCCc3ccccc32)c(Cl)c1. The van der Waals surface area contributed by atoms with E-state index in [0.717, 1.165) is 30.8 Å². The van der Waals surface area contributed by atoms with Crippen molar-refractivity contribution in [3.63, 3.8) is 0 Å². The van der Waals surface area contributed by atoms with Crippen LogP contribution in [0.2, 0.25) is 5.02 Å². The number of pyridine rings is 1. The molecular formula is C16H17ClN2O. The molecule has 0 radical (unpaired) electrons. The van der Waals surface area contributed by atoms with Crippen molar-refractivity contribution in [3.8, 4) is 0 Å². The third kappa shape index (κ3) is 2.51. The van der Waals surface area contributed by atoms with Crippen LogP contribution in [0.25, 0.3) is 0 Å². The van der Waals surface area contributed by atoms with E-state index >= 15 is 0 Å². The number of anilines is 2. The summed E-state index contributed by atoms with van der Waals surface area (Å²) in [6.45, 7) is 0.881. The van der Waals surface area contributed by atoms with E-state index in [1.165, 1.54) is 17.7 Å². The molecule has 0 saturated heterocycles. The predicted octanol–water partition coefficient (Wildman–Crippen LogP) is 3.70. The van der Waals surface area contributed by atoms with E-state index in [1.54, 1.807) is 12.3 Å². The van der Waals surface area contributed by atoms with Crippen LogP contribution < -0.4 is 4.90 Å². The summed E-state index contributed by atoms with van der Waals surface area (Å²) in [5.41, 5.74) is 3.27. The van der Waals surface area contributed by atoms with Crippen LogP contribution in [0.15, 0.2) is 36.5 Å². The zero-order valence-electron chi connectivity index (χ0n) is 11.2. The summed E-state index contributed by atoms with van der Waals surface area (Å²) in [4.78, 5) is 6.63. The van der Waals surface area contributed by atoms with Gasteiger partial charge in [-0.25, -0.2) is 4.98 Å². The molecule has 3 nitrogen and oxygen atoms in total. The number of para-hydroxylation sites is 1. The summed E-state index contributed by atoms with van der Waals surface area (Å²) in [7, 11) is 0. The van der Waals surface area contributed by atoms with Gasteiger partial charge in [-0.2, -0.15) is 0 Å². The Bertz CT molecular complexity index is 615. The maximum atomic E-state index is 9.15. The van der Waals surface area contributed by atoms with Crippen molar-refractivity contribution >= 4 is 23.1 Å². The summed E-state index contributed by atoms with van der Waals surface area (Å²) in [5, 5.41) is 9.74. The lowest BCUT2D eigenvalue weighted by molar-refractivity contribution is 0.281. The van der Waals surface area contributed by atoms with Gasteiger partial charge in [0.15, 0.2) is 5.82 Å². The van der Waals surface area contributed by atoms with E-state index in [9.17, 15) is 0 Å². The molecule has 0 amide bonds. The van der Waals surface area contributed by atoms with Gasteiger partial charge in [-0.15, -0.1) is 0 Å². The fourth-order valence-corrected chi connectivity index (χ4v) is 2.96. The standard InChI is InChI=1S/C16H17ClN2O/c17-14-9-12(11-20)10-18-16(14)19-8-4-3-6-13-5-1-2-7-15(13)19/h1-2,5,7,9-10,20H,3-4,6,8,11H2. The number of hydrogen-bond donors (Lipinski definition) is 1. The van der Waals surface area contributed by atoms with Gasteiger partial charge >= 0.3 is 0 Å². The molecule has 1 aliphatic rings. The van der Waals surface area contributed by atoms with E-state index in [1.807, 2.05) is 6.07 Å². The van der Waals surface area contributed by atoms with Gasteiger partial charge in [0.25, 0.3) is 0 Å². The van der Waals surface area contributed by atoms with Crippen LogP contribution in [-0.4, -0.2) is 16.6 Å². The van der Waals surface area contributed by atoms with Crippen LogP contribution in [0.1, 0.15) is 24.0 Å². The fourth-order valence-electron chi connectivity index (χ4n) is 2.67. The molecule has 0 atom stereocenters. The fraction of sp³-hybridized carbons (Fsp3) is 0.312. The number of hydrogen-bond acceptors (Lipinski definition) is 3. The quantitative estimate of drug-likeness (QED) is 0.915. The van der Waals surface area contributed by atoms with Gasteiger partial charge < -0.3 is 10.0 Å². The van der Waals surface area contributed by atoms with Gasteiger partial charge in [0.2, 0.25) is 0 Å². The normalized spacial score (nSPS) is 14.8. The van der Waals surface area contributed by atoms with E-state index in [4.69, 9.17) is 16.7 Å². The summed E-state index contributed by atoms with van der Waals surface area (Å²) < 4.78 is 0. The summed E-state index contributed by atoms with van der Waals surface area (Å²) >= 11 is 6.35. The second-order valence-electron chi connectivity index (χ2n) is 5.04. The summed E-state index contributed by atoms with van der Waals surface area (Å²) in [5.74, 6) is 0.776. The average molecular weight is 289 g/mol. The first kappa shape index (κ1) is 13.4. The van der Waals surface area contributed by atoms with Crippen LogP contribution in [0.3, 0.4) is 0 Å². The lowest BCUT2D eigenvalue weighted by atomic mass is 10.1. The van der Waals surface area contributed by atoms with Gasteiger partial charge in [-0.05, 0) is 42.5 Å². The Morgan fingerprint density at radius 3 is 2.90 bits per heavy atom. The third-order valence-electron chi connectivity index (χ3n) is 3.68. The second kappa shape index (κ2) is 5.81. The van der Waals surface area contributed by atoms with Crippen molar-refractivity contribution in [2.45, 2.75) is 25.9 Å². The molecule has 20 heavy (non-hydrogen) atoms. The van der Waals surface area contributed by atoms with Crippen LogP contribution in [0.4, 0.5) is 11.5 Å². The molecule has 1 N–H and O–H groups in total. The topological polar surface area (TPSA) is 36.4 Å². The Balaban J connectivity index is 2.05. The van der Waals surface area contributed by atoms with Crippen molar-refractivity contribution < 1.29 is 5.11 Å². The highest BCUT2D eigenvalue weighted by molar-refractivity contribution is 6.33. The van der Waals surface area contributed by atoms with Gasteiger partial charge in [0.05, 0.1) is 11.6 Å². The minimum absolute atomic E-state index is 0.0381. The maximum Gasteiger partial charge on any atom is 0.151 e. The van der Waals surface area contributed by atoms with Crippen molar-refractivity contribution in [3.05, 3.63) is 52.7 Å². The number of rotatable bonds is 2. The minimum Gasteiger partial charge on any atom is -0.392 e. The van der Waals surface area contributed by atoms with E-state index in [-0.39, 0.29) is 6.61 Å². The van der Waals surface area contributed by atoms with Crippen molar-refractivity contribution in [2.75, 3.05) is 11.4 Å². The molecular weight excluding hydrogens is 272 g/mol. The number of nitrogens with zero attached hydrogens (tertiary/aromatic N) is 2. The first-order valence-corrected chi connectivity index (χ1v) is 7.28. The van der Waals surface area contributed by atoms with E-state index < -0.39 is 0 Å².